The standard InChI is InChI=1S/C13H13NO4/c1-2-18-11(15)7-9-8-5-3-4-6-10(8)14-12(9)13(16)17/h3-6,14H,2,7H2,1H3,(H,16,17). The van der Waals surface area contributed by atoms with Crippen molar-refractivity contribution in [3.8, 4) is 0 Å². The zero-order valence-electron chi connectivity index (χ0n) is 9.90. The van der Waals surface area contributed by atoms with Crippen molar-refractivity contribution in [1.82, 2.24) is 4.98 Å². The third-order valence-electron chi connectivity index (χ3n) is 2.65. The second kappa shape index (κ2) is 4.91. The Labute approximate surface area is 103 Å². The number of ether oxygens (including phenoxy) is 1. The van der Waals surface area contributed by atoms with Crippen LogP contribution in [0.4, 0.5) is 0 Å². The van der Waals surface area contributed by atoms with Crippen LogP contribution in [0.15, 0.2) is 24.3 Å². The molecule has 0 unspecified atom stereocenters. The normalized spacial score (nSPS) is 10.5. The van der Waals surface area contributed by atoms with Crippen LogP contribution in [0.2, 0.25) is 0 Å². The zero-order valence-corrected chi connectivity index (χ0v) is 9.90. The average molecular weight is 247 g/mol. The van der Waals surface area contributed by atoms with Crippen LogP contribution in [0.25, 0.3) is 10.9 Å². The molecule has 0 aliphatic heterocycles. The molecule has 0 saturated heterocycles. The predicted molar refractivity (Wildman–Crippen MR) is 65.6 cm³/mol. The van der Waals surface area contributed by atoms with Crippen LogP contribution in [0.1, 0.15) is 23.0 Å². The van der Waals surface area contributed by atoms with Gasteiger partial charge in [-0.05, 0) is 13.0 Å². The van der Waals surface area contributed by atoms with Gasteiger partial charge < -0.3 is 14.8 Å². The average Bonchev–Trinajstić information content (AvgIpc) is 2.69. The van der Waals surface area contributed by atoms with Gasteiger partial charge in [0.1, 0.15) is 5.69 Å². The molecule has 0 bridgehead atoms. The lowest BCUT2D eigenvalue weighted by Gasteiger charge is -2.02. The summed E-state index contributed by atoms with van der Waals surface area (Å²) in [5.41, 5.74) is 1.22. The number of aromatic nitrogens is 1. The first-order chi connectivity index (χ1) is 8.63. The number of aromatic carboxylic acids is 1. The molecule has 5 heteroatoms. The summed E-state index contributed by atoms with van der Waals surface area (Å²) in [6.45, 7) is 1.99. The molecule has 94 valence electrons. The minimum absolute atomic E-state index is 0.0422. The summed E-state index contributed by atoms with van der Waals surface area (Å²) in [4.78, 5) is 25.5. The molecular weight excluding hydrogens is 234 g/mol. The molecule has 0 saturated carbocycles. The quantitative estimate of drug-likeness (QED) is 0.809. The van der Waals surface area contributed by atoms with Crippen molar-refractivity contribution in [3.63, 3.8) is 0 Å². The molecule has 18 heavy (non-hydrogen) atoms. The number of hydrogen-bond donors (Lipinski definition) is 2. The molecule has 2 rings (SSSR count). The highest BCUT2D eigenvalue weighted by molar-refractivity contribution is 5.99. The van der Waals surface area contributed by atoms with E-state index in [0.717, 1.165) is 5.39 Å². The molecular formula is C13H13NO4. The van der Waals surface area contributed by atoms with Crippen LogP contribution in [0.5, 0.6) is 0 Å². The number of carboxylic acid groups (broad SMARTS) is 1. The van der Waals surface area contributed by atoms with Crippen molar-refractivity contribution in [2.75, 3.05) is 6.61 Å². The predicted octanol–water partition coefficient (Wildman–Crippen LogP) is 1.97. The van der Waals surface area contributed by atoms with E-state index in [0.29, 0.717) is 11.1 Å². The summed E-state index contributed by atoms with van der Waals surface area (Å²) < 4.78 is 4.85. The molecule has 2 N–H and O–H groups in total. The number of H-pyrrole nitrogens is 1. The number of rotatable bonds is 4. The highest BCUT2D eigenvalue weighted by Gasteiger charge is 2.19. The van der Waals surface area contributed by atoms with Gasteiger partial charge in [-0.15, -0.1) is 0 Å². The minimum atomic E-state index is -1.08. The van der Waals surface area contributed by atoms with Crippen LogP contribution in [0.3, 0.4) is 0 Å². The van der Waals surface area contributed by atoms with Gasteiger partial charge in [-0.2, -0.15) is 0 Å². The van der Waals surface area contributed by atoms with Crippen LogP contribution >= 0.6 is 0 Å². The summed E-state index contributed by atoms with van der Waals surface area (Å²) in [5, 5.41) is 9.86. The monoisotopic (exact) mass is 247 g/mol. The largest absolute Gasteiger partial charge is 0.477 e. The van der Waals surface area contributed by atoms with Gasteiger partial charge in [0.2, 0.25) is 0 Å². The van der Waals surface area contributed by atoms with Gasteiger partial charge in [0.15, 0.2) is 0 Å². The number of para-hydroxylation sites is 1. The van der Waals surface area contributed by atoms with Crippen molar-refractivity contribution >= 4 is 22.8 Å². The Morgan fingerprint density at radius 1 is 1.33 bits per heavy atom. The molecule has 0 fully saturated rings. The lowest BCUT2D eigenvalue weighted by atomic mass is 10.1. The smallest absolute Gasteiger partial charge is 0.352 e. The molecule has 1 aromatic carbocycles. The van der Waals surface area contributed by atoms with Gasteiger partial charge in [-0.25, -0.2) is 4.79 Å². The van der Waals surface area contributed by atoms with Gasteiger partial charge in [0.25, 0.3) is 0 Å². The molecule has 0 spiro atoms. The molecule has 0 aliphatic carbocycles. The van der Waals surface area contributed by atoms with Crippen molar-refractivity contribution < 1.29 is 19.4 Å². The van der Waals surface area contributed by atoms with Crippen LogP contribution < -0.4 is 0 Å². The summed E-state index contributed by atoms with van der Waals surface area (Å²) in [6, 6.07) is 7.17. The Kier molecular flexibility index (Phi) is 3.32. The first kappa shape index (κ1) is 12.2. The fourth-order valence-electron chi connectivity index (χ4n) is 1.92. The lowest BCUT2D eigenvalue weighted by Crippen LogP contribution is -2.10. The number of fused-ring (bicyclic) bond motifs is 1. The van der Waals surface area contributed by atoms with E-state index >= 15 is 0 Å². The molecule has 1 heterocycles. The number of benzene rings is 1. The third-order valence-corrected chi connectivity index (χ3v) is 2.65. The van der Waals surface area contributed by atoms with Crippen LogP contribution in [-0.4, -0.2) is 28.6 Å². The van der Waals surface area contributed by atoms with Crippen molar-refractivity contribution in [3.05, 3.63) is 35.5 Å². The zero-order chi connectivity index (χ0) is 13.1. The van der Waals surface area contributed by atoms with E-state index in [1.165, 1.54) is 0 Å². The molecule has 0 atom stereocenters. The maximum atomic E-state index is 11.5. The van der Waals surface area contributed by atoms with Gasteiger partial charge in [-0.1, -0.05) is 18.2 Å². The number of carbonyl (C=O) groups excluding carboxylic acids is 1. The number of carboxylic acids is 1. The van der Waals surface area contributed by atoms with Crippen LogP contribution in [-0.2, 0) is 16.0 Å². The van der Waals surface area contributed by atoms with E-state index in [9.17, 15) is 9.59 Å². The van der Waals surface area contributed by atoms with Crippen molar-refractivity contribution in [2.24, 2.45) is 0 Å². The maximum absolute atomic E-state index is 11.5. The minimum Gasteiger partial charge on any atom is -0.477 e. The maximum Gasteiger partial charge on any atom is 0.352 e. The van der Waals surface area contributed by atoms with E-state index in [1.54, 1.807) is 31.2 Å². The van der Waals surface area contributed by atoms with Gasteiger partial charge >= 0.3 is 11.9 Å². The molecule has 2 aromatic rings. The van der Waals surface area contributed by atoms with E-state index in [-0.39, 0.29) is 18.7 Å². The lowest BCUT2D eigenvalue weighted by molar-refractivity contribution is -0.142. The summed E-state index contributed by atoms with van der Waals surface area (Å²) in [6.07, 6.45) is -0.0422. The Hall–Kier alpha value is -2.30. The summed E-state index contributed by atoms with van der Waals surface area (Å²) in [5.74, 6) is -1.50. The first-order valence-electron chi connectivity index (χ1n) is 5.62. The number of nitrogens with one attached hydrogen (secondary N) is 1. The van der Waals surface area contributed by atoms with E-state index in [4.69, 9.17) is 9.84 Å². The molecule has 1 aromatic heterocycles. The highest BCUT2D eigenvalue weighted by Crippen LogP contribution is 2.23. The second-order valence-corrected chi connectivity index (χ2v) is 3.81. The van der Waals surface area contributed by atoms with E-state index in [1.807, 2.05) is 0 Å². The fraction of sp³-hybridized carbons (Fsp3) is 0.231. The number of aromatic amines is 1. The number of hydrogen-bond acceptors (Lipinski definition) is 3. The fourth-order valence-corrected chi connectivity index (χ4v) is 1.92. The Morgan fingerprint density at radius 2 is 2.06 bits per heavy atom. The summed E-state index contributed by atoms with van der Waals surface area (Å²) in [7, 11) is 0. The Morgan fingerprint density at radius 3 is 2.72 bits per heavy atom. The Bertz CT molecular complexity index is 600. The Balaban J connectivity index is 2.48. The van der Waals surface area contributed by atoms with E-state index < -0.39 is 11.9 Å². The van der Waals surface area contributed by atoms with Gasteiger partial charge in [-0.3, -0.25) is 4.79 Å². The SMILES string of the molecule is CCOC(=O)Cc1c(C(=O)O)[nH]c2ccccc12. The topological polar surface area (TPSA) is 79.4 Å². The van der Waals surface area contributed by atoms with Gasteiger partial charge in [0, 0.05) is 16.5 Å². The van der Waals surface area contributed by atoms with Crippen LogP contribution in [0, 0.1) is 0 Å². The van der Waals surface area contributed by atoms with Crippen molar-refractivity contribution in [1.29, 1.82) is 0 Å². The molecule has 5 nitrogen and oxygen atoms in total. The number of esters is 1. The highest BCUT2D eigenvalue weighted by atomic mass is 16.5. The molecule has 0 aliphatic rings. The van der Waals surface area contributed by atoms with E-state index in [2.05, 4.69) is 4.98 Å². The van der Waals surface area contributed by atoms with Crippen molar-refractivity contribution in [2.45, 2.75) is 13.3 Å². The second-order valence-electron chi connectivity index (χ2n) is 3.81. The molecule has 0 amide bonds. The number of carbonyl (C=O) groups is 2. The summed E-state index contributed by atoms with van der Waals surface area (Å²) >= 11 is 0. The molecule has 0 radical (unpaired) electrons. The third kappa shape index (κ3) is 2.20. The first-order valence-corrected chi connectivity index (χ1v) is 5.62. The van der Waals surface area contributed by atoms with Gasteiger partial charge in [0.05, 0.1) is 13.0 Å².